The smallest absolute Gasteiger partial charge is 0.259 e. The number of fused-ring (bicyclic) bond motifs is 3. The highest BCUT2D eigenvalue weighted by Gasteiger charge is 2.31. The maximum atomic E-state index is 12.7. The van der Waals surface area contributed by atoms with Gasteiger partial charge in [-0.3, -0.25) is 25.0 Å². The molecule has 12 heteroatoms. The Kier molecular flexibility index (Phi) is 6.99. The van der Waals surface area contributed by atoms with E-state index in [1.54, 1.807) is 28.7 Å². The molecular formula is C24H29N7O4S. The molecule has 36 heavy (non-hydrogen) atoms. The number of hydrogen-bond donors (Lipinski definition) is 1. The Hall–Kier alpha value is -3.35. The second kappa shape index (κ2) is 10.3. The topological polar surface area (TPSA) is 120 Å². The molecule has 0 aliphatic carbocycles. The second-order valence-corrected chi connectivity index (χ2v) is 11.0. The quantitative estimate of drug-likeness (QED) is 0.549. The van der Waals surface area contributed by atoms with Gasteiger partial charge in [-0.1, -0.05) is 0 Å². The number of pyridine rings is 1. The van der Waals surface area contributed by atoms with E-state index in [-0.39, 0.29) is 18.3 Å². The van der Waals surface area contributed by atoms with Crippen molar-refractivity contribution in [2.45, 2.75) is 6.42 Å². The third-order valence-electron chi connectivity index (χ3n) is 6.35. The van der Waals surface area contributed by atoms with Crippen LogP contribution in [0, 0.1) is 0 Å². The molecule has 2 aromatic rings. The fourth-order valence-corrected chi connectivity index (χ4v) is 5.79. The van der Waals surface area contributed by atoms with E-state index in [0.29, 0.717) is 55.6 Å². The number of amides is 1. The van der Waals surface area contributed by atoms with Gasteiger partial charge >= 0.3 is 0 Å². The van der Waals surface area contributed by atoms with E-state index in [0.717, 1.165) is 24.5 Å². The number of hydrogen-bond acceptors (Lipinski definition) is 9. The zero-order valence-corrected chi connectivity index (χ0v) is 20.9. The normalized spacial score (nSPS) is 18.2. The first-order chi connectivity index (χ1) is 17.4. The molecule has 0 radical (unpaired) electrons. The molecule has 3 aliphatic rings. The molecule has 11 nitrogen and oxygen atoms in total. The van der Waals surface area contributed by atoms with E-state index in [1.807, 2.05) is 24.1 Å². The van der Waals surface area contributed by atoms with Crippen LogP contribution in [0.25, 0.3) is 0 Å². The van der Waals surface area contributed by atoms with E-state index < -0.39 is 10.0 Å². The molecule has 0 unspecified atom stereocenters. The summed E-state index contributed by atoms with van der Waals surface area (Å²) < 4.78 is 32.6. The van der Waals surface area contributed by atoms with Gasteiger partial charge in [-0.2, -0.15) is 4.31 Å². The lowest BCUT2D eigenvalue weighted by molar-refractivity contribution is 0.0973. The Bertz CT molecular complexity index is 1290. The van der Waals surface area contributed by atoms with Crippen molar-refractivity contribution in [1.82, 2.24) is 24.4 Å². The summed E-state index contributed by atoms with van der Waals surface area (Å²) in [6.45, 7) is 4.06. The SMILES string of the molecule is CN1CCN(S(=O)(=O)CCCOc2ccc3c(c2)N=C(NC(=O)c2cccnc2)N2CCN=C32)CC1. The summed E-state index contributed by atoms with van der Waals surface area (Å²) in [5.41, 5.74) is 1.93. The van der Waals surface area contributed by atoms with Crippen LogP contribution >= 0.6 is 0 Å². The largest absolute Gasteiger partial charge is 0.493 e. The molecule has 1 fully saturated rings. The number of amidine groups is 1. The molecule has 1 aromatic carbocycles. The van der Waals surface area contributed by atoms with Crippen molar-refractivity contribution in [2.24, 2.45) is 9.98 Å². The lowest BCUT2D eigenvalue weighted by Gasteiger charge is -2.31. The van der Waals surface area contributed by atoms with Crippen LogP contribution in [-0.4, -0.2) is 104 Å². The van der Waals surface area contributed by atoms with Gasteiger partial charge < -0.3 is 9.64 Å². The number of guanidine groups is 1. The molecule has 190 valence electrons. The minimum atomic E-state index is -3.29. The average Bonchev–Trinajstić information content (AvgIpc) is 3.38. The number of carbonyl (C=O) groups is 1. The van der Waals surface area contributed by atoms with Crippen LogP contribution in [0.5, 0.6) is 5.75 Å². The molecule has 5 rings (SSSR count). The van der Waals surface area contributed by atoms with Crippen LogP contribution in [0.2, 0.25) is 0 Å². The molecule has 0 spiro atoms. The number of likely N-dealkylation sites (N-methyl/N-ethyl adjacent to an activating group) is 1. The van der Waals surface area contributed by atoms with Crippen LogP contribution in [0.1, 0.15) is 22.3 Å². The molecular weight excluding hydrogens is 482 g/mol. The van der Waals surface area contributed by atoms with Crippen molar-refractivity contribution in [1.29, 1.82) is 0 Å². The Morgan fingerprint density at radius 2 is 1.97 bits per heavy atom. The molecule has 3 aliphatic heterocycles. The minimum Gasteiger partial charge on any atom is -0.493 e. The number of nitrogens with zero attached hydrogens (tertiary/aromatic N) is 6. The molecule has 1 N–H and O–H groups in total. The highest BCUT2D eigenvalue weighted by Crippen LogP contribution is 2.32. The predicted molar refractivity (Wildman–Crippen MR) is 136 cm³/mol. The van der Waals surface area contributed by atoms with E-state index in [9.17, 15) is 13.2 Å². The molecule has 1 saturated heterocycles. The van der Waals surface area contributed by atoms with Crippen LogP contribution in [-0.2, 0) is 10.0 Å². The summed E-state index contributed by atoms with van der Waals surface area (Å²) in [6.07, 6.45) is 3.50. The van der Waals surface area contributed by atoms with Crippen LogP contribution < -0.4 is 10.1 Å². The molecule has 0 atom stereocenters. The Morgan fingerprint density at radius 3 is 2.75 bits per heavy atom. The standard InChI is InChI=1S/C24H29N7O4S/c1-29-10-12-30(13-11-29)36(33,34)15-3-14-35-19-5-6-20-21(16-19)27-24(31-9-8-26-22(20)31)28-23(32)18-4-2-7-25-17-18/h2,4-7,16-17H,3,8-15H2,1H3,(H,27,28,32). The summed E-state index contributed by atoms with van der Waals surface area (Å²) in [7, 11) is -1.29. The van der Waals surface area contributed by atoms with Gasteiger partial charge in [0.15, 0.2) is 0 Å². The Balaban J connectivity index is 1.23. The second-order valence-electron chi connectivity index (χ2n) is 8.89. The zero-order chi connectivity index (χ0) is 25.1. The minimum absolute atomic E-state index is 0.0517. The van der Waals surface area contributed by atoms with Crippen LogP contribution in [0.3, 0.4) is 0 Å². The lowest BCUT2D eigenvalue weighted by atomic mass is 10.1. The lowest BCUT2D eigenvalue weighted by Crippen LogP contribution is -2.47. The van der Waals surface area contributed by atoms with Crippen LogP contribution in [0.15, 0.2) is 52.7 Å². The summed E-state index contributed by atoms with van der Waals surface area (Å²) >= 11 is 0. The van der Waals surface area contributed by atoms with Crippen molar-refractivity contribution in [2.75, 3.05) is 58.7 Å². The van der Waals surface area contributed by atoms with Gasteiger partial charge in [0.25, 0.3) is 5.91 Å². The van der Waals surface area contributed by atoms with Crippen LogP contribution in [0.4, 0.5) is 5.69 Å². The number of rotatable bonds is 7. The van der Waals surface area contributed by atoms with Crippen molar-refractivity contribution in [3.8, 4) is 5.75 Å². The maximum absolute atomic E-state index is 12.7. The third kappa shape index (κ3) is 5.25. The number of ether oxygens (including phenoxy) is 1. The zero-order valence-electron chi connectivity index (χ0n) is 20.1. The molecule has 1 aromatic heterocycles. The highest BCUT2D eigenvalue weighted by atomic mass is 32.2. The highest BCUT2D eigenvalue weighted by molar-refractivity contribution is 7.89. The molecule has 0 bridgehead atoms. The van der Waals surface area contributed by atoms with Gasteiger partial charge in [0.05, 0.1) is 30.2 Å². The predicted octanol–water partition coefficient (Wildman–Crippen LogP) is 0.921. The van der Waals surface area contributed by atoms with Gasteiger partial charge in [0.2, 0.25) is 16.0 Å². The first kappa shape index (κ1) is 24.3. The summed E-state index contributed by atoms with van der Waals surface area (Å²) in [4.78, 5) is 30.0. The number of carbonyl (C=O) groups excluding carboxylic acids is 1. The van der Waals surface area contributed by atoms with Crippen molar-refractivity contribution in [3.05, 3.63) is 53.9 Å². The number of nitrogens with one attached hydrogen (secondary N) is 1. The van der Waals surface area contributed by atoms with E-state index in [4.69, 9.17) is 4.74 Å². The Labute approximate surface area is 210 Å². The van der Waals surface area contributed by atoms with Gasteiger partial charge in [0, 0.05) is 56.7 Å². The van der Waals surface area contributed by atoms with Crippen molar-refractivity contribution >= 4 is 33.4 Å². The third-order valence-corrected chi connectivity index (χ3v) is 8.31. The molecule has 1 amide bonds. The van der Waals surface area contributed by atoms with Gasteiger partial charge in [-0.05, 0) is 37.7 Å². The van der Waals surface area contributed by atoms with Gasteiger partial charge in [0.1, 0.15) is 11.6 Å². The van der Waals surface area contributed by atoms with E-state index in [2.05, 4.69) is 25.2 Å². The first-order valence-electron chi connectivity index (χ1n) is 12.0. The number of aromatic nitrogens is 1. The average molecular weight is 512 g/mol. The van der Waals surface area contributed by atoms with Gasteiger partial charge in [-0.25, -0.2) is 13.4 Å². The summed E-state index contributed by atoms with van der Waals surface area (Å²) in [5.74, 6) is 1.50. The van der Waals surface area contributed by atoms with Crippen molar-refractivity contribution in [3.63, 3.8) is 0 Å². The fourth-order valence-electron chi connectivity index (χ4n) is 4.33. The van der Waals surface area contributed by atoms with Crippen molar-refractivity contribution < 1.29 is 17.9 Å². The number of benzene rings is 1. The van der Waals surface area contributed by atoms with E-state index in [1.165, 1.54) is 6.20 Å². The maximum Gasteiger partial charge on any atom is 0.259 e. The number of sulfonamides is 1. The number of piperazine rings is 1. The first-order valence-corrected chi connectivity index (χ1v) is 13.6. The molecule has 0 saturated carbocycles. The fraction of sp³-hybridized carbons (Fsp3) is 0.417. The monoisotopic (exact) mass is 511 g/mol. The van der Waals surface area contributed by atoms with Gasteiger partial charge in [-0.15, -0.1) is 0 Å². The molecule has 4 heterocycles. The number of aliphatic imine (C=N–C) groups is 2. The summed E-state index contributed by atoms with van der Waals surface area (Å²) in [6, 6.07) is 8.91. The summed E-state index contributed by atoms with van der Waals surface area (Å²) in [5, 5.41) is 2.87. The van der Waals surface area contributed by atoms with E-state index >= 15 is 0 Å². The Morgan fingerprint density at radius 1 is 1.14 bits per heavy atom.